The van der Waals surface area contributed by atoms with Gasteiger partial charge in [-0.3, -0.25) is 9.59 Å². The van der Waals surface area contributed by atoms with Crippen LogP contribution >= 0.6 is 11.6 Å². The first-order valence-corrected chi connectivity index (χ1v) is 5.50. The van der Waals surface area contributed by atoms with Gasteiger partial charge in [0.25, 0.3) is 5.56 Å². The molecule has 0 unspecified atom stereocenters. The minimum absolute atomic E-state index is 0.460. The number of benzene rings is 1. The molecule has 92 valence electrons. The van der Waals surface area contributed by atoms with Crippen molar-refractivity contribution < 1.29 is 9.90 Å². The molecular weight excluding hydrogens is 256 g/mol. The highest BCUT2D eigenvalue weighted by Crippen LogP contribution is 2.24. The fourth-order valence-corrected chi connectivity index (χ4v) is 1.74. The molecule has 2 aromatic rings. The van der Waals surface area contributed by atoms with Gasteiger partial charge in [0.15, 0.2) is 0 Å². The van der Waals surface area contributed by atoms with Crippen molar-refractivity contribution in [1.29, 1.82) is 0 Å². The molecule has 1 aromatic heterocycles. The van der Waals surface area contributed by atoms with Gasteiger partial charge in [-0.2, -0.15) is 5.10 Å². The Labute approximate surface area is 107 Å². The number of aromatic nitrogens is 2. The van der Waals surface area contributed by atoms with E-state index in [4.69, 9.17) is 16.7 Å². The Morgan fingerprint density at radius 3 is 2.67 bits per heavy atom. The lowest BCUT2D eigenvalue weighted by Gasteiger charge is -2.06. The summed E-state index contributed by atoms with van der Waals surface area (Å²) in [5, 5.41) is 13.2. The van der Waals surface area contributed by atoms with Gasteiger partial charge >= 0.3 is 5.97 Å². The van der Waals surface area contributed by atoms with Gasteiger partial charge < -0.3 is 5.11 Å². The highest BCUT2D eigenvalue weighted by Gasteiger charge is 2.08. The Kier molecular flexibility index (Phi) is 3.43. The highest BCUT2D eigenvalue weighted by molar-refractivity contribution is 6.33. The van der Waals surface area contributed by atoms with Crippen molar-refractivity contribution in [2.24, 2.45) is 0 Å². The predicted molar refractivity (Wildman–Crippen MR) is 66.6 cm³/mol. The van der Waals surface area contributed by atoms with E-state index >= 15 is 0 Å². The van der Waals surface area contributed by atoms with Crippen LogP contribution in [0, 0.1) is 0 Å². The first kappa shape index (κ1) is 12.3. The lowest BCUT2D eigenvalue weighted by atomic mass is 10.1. The molecule has 1 heterocycles. The molecule has 0 fully saturated rings. The summed E-state index contributed by atoms with van der Waals surface area (Å²) in [6, 6.07) is 9.80. The molecular formula is C12H9ClN2O3. The van der Waals surface area contributed by atoms with Gasteiger partial charge in [0.2, 0.25) is 0 Å². The van der Waals surface area contributed by atoms with Crippen LogP contribution in [0.4, 0.5) is 0 Å². The molecule has 0 bridgehead atoms. The van der Waals surface area contributed by atoms with E-state index in [1.165, 1.54) is 12.1 Å². The minimum Gasteiger partial charge on any atom is -0.480 e. The molecule has 18 heavy (non-hydrogen) atoms. The van der Waals surface area contributed by atoms with Crippen LogP contribution in [0.25, 0.3) is 11.3 Å². The van der Waals surface area contributed by atoms with Gasteiger partial charge in [-0.15, -0.1) is 0 Å². The molecule has 0 radical (unpaired) electrons. The quantitative estimate of drug-likeness (QED) is 0.915. The largest absolute Gasteiger partial charge is 0.480 e. The molecule has 0 saturated carbocycles. The van der Waals surface area contributed by atoms with Crippen molar-refractivity contribution in [1.82, 2.24) is 9.78 Å². The van der Waals surface area contributed by atoms with E-state index in [1.807, 2.05) is 0 Å². The second-order valence-electron chi connectivity index (χ2n) is 3.59. The Balaban J connectivity index is 2.51. The molecule has 0 spiro atoms. The van der Waals surface area contributed by atoms with Crippen molar-refractivity contribution >= 4 is 17.6 Å². The zero-order valence-corrected chi connectivity index (χ0v) is 9.96. The van der Waals surface area contributed by atoms with Crippen molar-refractivity contribution in [2.75, 3.05) is 0 Å². The predicted octanol–water partition coefficient (Wildman–Crippen LogP) is 1.65. The van der Waals surface area contributed by atoms with Crippen LogP contribution in [-0.4, -0.2) is 20.9 Å². The van der Waals surface area contributed by atoms with E-state index < -0.39 is 18.1 Å². The topological polar surface area (TPSA) is 72.2 Å². The third-order valence-electron chi connectivity index (χ3n) is 2.30. The minimum atomic E-state index is -1.12. The van der Waals surface area contributed by atoms with E-state index in [9.17, 15) is 9.59 Å². The SMILES string of the molecule is O=C(O)Cn1nc(-c2ccccc2Cl)ccc1=O. The van der Waals surface area contributed by atoms with Gasteiger partial charge in [-0.05, 0) is 12.1 Å². The monoisotopic (exact) mass is 264 g/mol. The molecule has 0 atom stereocenters. The number of carboxylic acid groups (broad SMARTS) is 1. The summed E-state index contributed by atoms with van der Waals surface area (Å²) in [5.41, 5.74) is 0.646. The standard InChI is InChI=1S/C12H9ClN2O3/c13-9-4-2-1-3-8(9)10-5-6-11(16)15(14-10)7-12(17)18/h1-6H,7H2,(H,17,18). The number of hydrogen-bond donors (Lipinski definition) is 1. The molecule has 0 aliphatic heterocycles. The zero-order valence-electron chi connectivity index (χ0n) is 9.21. The Morgan fingerprint density at radius 1 is 1.28 bits per heavy atom. The number of nitrogens with zero attached hydrogens (tertiary/aromatic N) is 2. The van der Waals surface area contributed by atoms with Crippen LogP contribution < -0.4 is 5.56 Å². The Hall–Kier alpha value is -2.14. The lowest BCUT2D eigenvalue weighted by molar-refractivity contribution is -0.138. The fraction of sp³-hybridized carbons (Fsp3) is 0.0833. The van der Waals surface area contributed by atoms with Crippen molar-refractivity contribution in [3.63, 3.8) is 0 Å². The molecule has 0 aliphatic carbocycles. The van der Waals surface area contributed by atoms with Crippen molar-refractivity contribution in [3.8, 4) is 11.3 Å². The smallest absolute Gasteiger partial charge is 0.325 e. The van der Waals surface area contributed by atoms with Crippen molar-refractivity contribution in [2.45, 2.75) is 6.54 Å². The van der Waals surface area contributed by atoms with E-state index in [2.05, 4.69) is 5.10 Å². The molecule has 6 heteroatoms. The second-order valence-corrected chi connectivity index (χ2v) is 4.00. The summed E-state index contributed by atoms with van der Waals surface area (Å²) in [4.78, 5) is 22.0. The molecule has 2 rings (SSSR count). The number of aliphatic carboxylic acids is 1. The number of hydrogen-bond acceptors (Lipinski definition) is 3. The molecule has 5 nitrogen and oxygen atoms in total. The number of carboxylic acids is 1. The summed E-state index contributed by atoms with van der Waals surface area (Å²) in [5.74, 6) is -1.12. The van der Waals surface area contributed by atoms with Crippen LogP contribution in [0.2, 0.25) is 5.02 Å². The van der Waals surface area contributed by atoms with Crippen LogP contribution in [0.15, 0.2) is 41.2 Å². The summed E-state index contributed by atoms with van der Waals surface area (Å²) in [7, 11) is 0. The summed E-state index contributed by atoms with van der Waals surface area (Å²) in [6.07, 6.45) is 0. The van der Waals surface area contributed by atoms with E-state index in [-0.39, 0.29) is 0 Å². The molecule has 1 aromatic carbocycles. The number of carbonyl (C=O) groups is 1. The van der Waals surface area contributed by atoms with Gasteiger partial charge in [-0.1, -0.05) is 29.8 Å². The summed E-state index contributed by atoms with van der Waals surface area (Å²) in [6.45, 7) is -0.475. The summed E-state index contributed by atoms with van der Waals surface area (Å²) < 4.78 is 0.890. The first-order chi connectivity index (χ1) is 8.58. The van der Waals surface area contributed by atoms with E-state index in [1.54, 1.807) is 24.3 Å². The summed E-state index contributed by atoms with van der Waals surface area (Å²) >= 11 is 6.01. The van der Waals surface area contributed by atoms with Crippen molar-refractivity contribution in [3.05, 3.63) is 51.8 Å². The zero-order chi connectivity index (χ0) is 13.1. The molecule has 0 saturated heterocycles. The van der Waals surface area contributed by atoms with Gasteiger partial charge in [-0.25, -0.2) is 4.68 Å². The Bertz CT molecular complexity index is 652. The average Bonchev–Trinajstić information content (AvgIpc) is 2.32. The van der Waals surface area contributed by atoms with Crippen LogP contribution in [0.1, 0.15) is 0 Å². The van der Waals surface area contributed by atoms with Crippen LogP contribution in [0.5, 0.6) is 0 Å². The maximum atomic E-state index is 11.4. The lowest BCUT2D eigenvalue weighted by Crippen LogP contribution is -2.26. The normalized spacial score (nSPS) is 10.3. The maximum absolute atomic E-state index is 11.4. The highest BCUT2D eigenvalue weighted by atomic mass is 35.5. The van der Waals surface area contributed by atoms with E-state index in [0.717, 1.165) is 4.68 Å². The van der Waals surface area contributed by atoms with Gasteiger partial charge in [0.1, 0.15) is 6.54 Å². The van der Waals surface area contributed by atoms with Crippen LogP contribution in [0.3, 0.4) is 0 Å². The number of halogens is 1. The second kappa shape index (κ2) is 5.01. The first-order valence-electron chi connectivity index (χ1n) is 5.13. The fourth-order valence-electron chi connectivity index (χ4n) is 1.50. The Morgan fingerprint density at radius 2 is 2.00 bits per heavy atom. The van der Waals surface area contributed by atoms with Crippen LogP contribution in [-0.2, 0) is 11.3 Å². The third kappa shape index (κ3) is 2.57. The number of rotatable bonds is 3. The van der Waals surface area contributed by atoms with Gasteiger partial charge in [0, 0.05) is 11.6 Å². The molecule has 0 aliphatic rings. The average molecular weight is 265 g/mol. The molecule has 1 N–H and O–H groups in total. The third-order valence-corrected chi connectivity index (χ3v) is 2.63. The van der Waals surface area contributed by atoms with E-state index in [0.29, 0.717) is 16.3 Å². The maximum Gasteiger partial charge on any atom is 0.325 e. The molecule has 0 amide bonds. The van der Waals surface area contributed by atoms with Gasteiger partial charge in [0.05, 0.1) is 10.7 Å².